The number of nitrogens with zero attached hydrogens (tertiary/aromatic N) is 2. The molecule has 5 nitrogen and oxygen atoms in total. The maximum atomic E-state index is 10.8. The van der Waals surface area contributed by atoms with Crippen molar-refractivity contribution in [3.05, 3.63) is 16.9 Å². The summed E-state index contributed by atoms with van der Waals surface area (Å²) in [5.41, 5.74) is 4.43. The van der Waals surface area contributed by atoms with Gasteiger partial charge < -0.3 is 10.8 Å². The molecule has 0 spiro atoms. The van der Waals surface area contributed by atoms with E-state index in [0.717, 1.165) is 4.47 Å². The molecule has 1 rings (SSSR count). The van der Waals surface area contributed by atoms with E-state index in [0.29, 0.717) is 6.42 Å². The summed E-state index contributed by atoms with van der Waals surface area (Å²) in [6, 6.07) is -0.0533. The Labute approximate surface area is 96.4 Å². The van der Waals surface area contributed by atoms with Gasteiger partial charge in [-0.2, -0.15) is 5.10 Å². The van der Waals surface area contributed by atoms with E-state index in [2.05, 4.69) is 21.0 Å². The van der Waals surface area contributed by atoms with Crippen LogP contribution in [0.3, 0.4) is 0 Å². The van der Waals surface area contributed by atoms with Crippen LogP contribution in [0, 0.1) is 0 Å². The van der Waals surface area contributed by atoms with Crippen LogP contribution in [0.1, 0.15) is 26.3 Å². The highest BCUT2D eigenvalue weighted by molar-refractivity contribution is 9.10. The highest BCUT2D eigenvalue weighted by Crippen LogP contribution is 2.20. The molecule has 0 aliphatic carbocycles. The predicted octanol–water partition coefficient (Wildman–Crippen LogP) is 1.40. The molecule has 15 heavy (non-hydrogen) atoms. The molecule has 0 saturated heterocycles. The first kappa shape index (κ1) is 12.2. The smallest absolute Gasteiger partial charge is 0.323 e. The van der Waals surface area contributed by atoms with Crippen LogP contribution in [-0.2, 0) is 4.79 Å². The lowest BCUT2D eigenvalue weighted by Crippen LogP contribution is -2.46. The van der Waals surface area contributed by atoms with Gasteiger partial charge in [0.2, 0.25) is 0 Å². The average molecular weight is 276 g/mol. The zero-order valence-corrected chi connectivity index (χ0v) is 10.2. The highest BCUT2D eigenvalue weighted by Gasteiger charge is 2.30. The fourth-order valence-corrected chi connectivity index (χ4v) is 1.65. The number of carbonyl (C=O) groups is 1. The number of carboxylic acids is 1. The van der Waals surface area contributed by atoms with Crippen LogP contribution >= 0.6 is 15.9 Å². The molecule has 6 heteroatoms. The summed E-state index contributed by atoms with van der Waals surface area (Å²) in [6.07, 6.45) is 3.78. The summed E-state index contributed by atoms with van der Waals surface area (Å²) < 4.78 is 2.56. The first-order valence-electron chi connectivity index (χ1n) is 4.55. The van der Waals surface area contributed by atoms with Gasteiger partial charge in [-0.15, -0.1) is 0 Å². The topological polar surface area (TPSA) is 81.1 Å². The minimum Gasteiger partial charge on any atom is -0.480 e. The number of hydrogen-bond acceptors (Lipinski definition) is 3. The Hall–Kier alpha value is -0.880. The number of aliphatic carboxylic acids is 1. The Kier molecular flexibility index (Phi) is 3.51. The quantitative estimate of drug-likeness (QED) is 0.871. The Morgan fingerprint density at radius 1 is 1.87 bits per heavy atom. The van der Waals surface area contributed by atoms with Gasteiger partial charge in [-0.3, -0.25) is 9.48 Å². The van der Waals surface area contributed by atoms with Crippen LogP contribution in [0.4, 0.5) is 0 Å². The SMILES string of the molecule is CC(CC(C)(N)C(=O)O)n1cc(Br)cn1. The lowest BCUT2D eigenvalue weighted by atomic mass is 9.95. The molecule has 2 atom stereocenters. The molecule has 0 fully saturated rings. The fourth-order valence-electron chi connectivity index (χ4n) is 1.35. The fraction of sp³-hybridized carbons (Fsp3) is 0.556. The van der Waals surface area contributed by atoms with Gasteiger partial charge in [0.1, 0.15) is 5.54 Å². The van der Waals surface area contributed by atoms with Crippen molar-refractivity contribution in [3.8, 4) is 0 Å². The van der Waals surface area contributed by atoms with Crippen molar-refractivity contribution in [2.75, 3.05) is 0 Å². The zero-order valence-electron chi connectivity index (χ0n) is 8.64. The maximum Gasteiger partial charge on any atom is 0.323 e. The Morgan fingerprint density at radius 2 is 2.47 bits per heavy atom. The van der Waals surface area contributed by atoms with Crippen LogP contribution in [0.25, 0.3) is 0 Å². The largest absolute Gasteiger partial charge is 0.480 e. The summed E-state index contributed by atoms with van der Waals surface area (Å²) in [5.74, 6) is -0.999. The van der Waals surface area contributed by atoms with Crippen LogP contribution in [0.15, 0.2) is 16.9 Å². The normalized spacial score (nSPS) is 17.1. The van der Waals surface area contributed by atoms with Crippen LogP contribution in [-0.4, -0.2) is 26.4 Å². The first-order chi connectivity index (χ1) is 6.83. The minimum atomic E-state index is -1.22. The number of halogens is 1. The van der Waals surface area contributed by atoms with Crippen molar-refractivity contribution in [2.45, 2.75) is 31.8 Å². The third-order valence-corrected chi connectivity index (χ3v) is 2.64. The first-order valence-corrected chi connectivity index (χ1v) is 5.34. The molecular formula is C9H14BrN3O2. The molecule has 1 aromatic rings. The Balaban J connectivity index is 2.71. The lowest BCUT2D eigenvalue weighted by molar-refractivity contribution is -0.143. The molecular weight excluding hydrogens is 262 g/mol. The third kappa shape index (κ3) is 3.04. The summed E-state index contributed by atoms with van der Waals surface area (Å²) in [6.45, 7) is 3.39. The maximum absolute atomic E-state index is 10.8. The highest BCUT2D eigenvalue weighted by atomic mass is 79.9. The van der Waals surface area contributed by atoms with E-state index >= 15 is 0 Å². The van der Waals surface area contributed by atoms with E-state index in [9.17, 15) is 4.79 Å². The van der Waals surface area contributed by atoms with Crippen molar-refractivity contribution >= 4 is 21.9 Å². The minimum absolute atomic E-state index is 0.0533. The number of nitrogens with two attached hydrogens (primary N) is 1. The summed E-state index contributed by atoms with van der Waals surface area (Å²) >= 11 is 3.28. The van der Waals surface area contributed by atoms with Gasteiger partial charge in [0.25, 0.3) is 0 Å². The molecule has 1 aromatic heterocycles. The molecule has 0 radical (unpaired) electrons. The zero-order chi connectivity index (χ0) is 11.6. The Bertz CT molecular complexity index is 362. The number of aromatic nitrogens is 2. The molecule has 0 aromatic carbocycles. The second-order valence-electron chi connectivity index (χ2n) is 3.91. The molecule has 0 saturated carbocycles. The van der Waals surface area contributed by atoms with Gasteiger partial charge in [-0.25, -0.2) is 0 Å². The van der Waals surface area contributed by atoms with Crippen molar-refractivity contribution in [1.82, 2.24) is 9.78 Å². The van der Waals surface area contributed by atoms with Gasteiger partial charge in [0, 0.05) is 6.20 Å². The van der Waals surface area contributed by atoms with E-state index in [4.69, 9.17) is 10.8 Å². The van der Waals surface area contributed by atoms with E-state index in [-0.39, 0.29) is 6.04 Å². The molecule has 0 bridgehead atoms. The van der Waals surface area contributed by atoms with Crippen molar-refractivity contribution in [2.24, 2.45) is 5.73 Å². The molecule has 3 N–H and O–H groups in total. The van der Waals surface area contributed by atoms with E-state index in [1.807, 2.05) is 6.92 Å². The summed E-state index contributed by atoms with van der Waals surface area (Å²) in [7, 11) is 0. The second kappa shape index (κ2) is 4.32. The van der Waals surface area contributed by atoms with Crippen LogP contribution in [0.5, 0.6) is 0 Å². The number of hydrogen-bond donors (Lipinski definition) is 2. The standard InChI is InChI=1S/C9H14BrN3O2/c1-6(3-9(2,11)8(14)15)13-5-7(10)4-12-13/h4-6H,3,11H2,1-2H3,(H,14,15). The number of carboxylic acid groups (broad SMARTS) is 1. The molecule has 0 aliphatic heterocycles. The van der Waals surface area contributed by atoms with Crippen molar-refractivity contribution in [3.63, 3.8) is 0 Å². The summed E-state index contributed by atoms with van der Waals surface area (Å²) in [5, 5.41) is 13.0. The molecule has 0 aliphatic rings. The summed E-state index contributed by atoms with van der Waals surface area (Å²) in [4.78, 5) is 10.8. The van der Waals surface area contributed by atoms with Crippen LogP contribution < -0.4 is 5.73 Å². The van der Waals surface area contributed by atoms with Gasteiger partial charge in [0.05, 0.1) is 16.7 Å². The van der Waals surface area contributed by atoms with Gasteiger partial charge in [-0.05, 0) is 36.2 Å². The molecule has 84 valence electrons. The van der Waals surface area contributed by atoms with E-state index in [1.54, 1.807) is 17.1 Å². The Morgan fingerprint density at radius 3 is 2.87 bits per heavy atom. The third-order valence-electron chi connectivity index (χ3n) is 2.23. The molecule has 1 heterocycles. The predicted molar refractivity (Wildman–Crippen MR) is 59.5 cm³/mol. The second-order valence-corrected chi connectivity index (χ2v) is 4.83. The molecule has 2 unspecified atom stereocenters. The average Bonchev–Trinajstić information content (AvgIpc) is 2.50. The van der Waals surface area contributed by atoms with Crippen LogP contribution in [0.2, 0.25) is 0 Å². The van der Waals surface area contributed by atoms with Gasteiger partial charge in [-0.1, -0.05) is 0 Å². The lowest BCUT2D eigenvalue weighted by Gasteiger charge is -2.23. The molecule has 0 amide bonds. The van der Waals surface area contributed by atoms with Crippen molar-refractivity contribution in [1.29, 1.82) is 0 Å². The van der Waals surface area contributed by atoms with Gasteiger partial charge >= 0.3 is 5.97 Å². The van der Waals surface area contributed by atoms with Gasteiger partial charge in [0.15, 0.2) is 0 Å². The number of rotatable bonds is 4. The van der Waals surface area contributed by atoms with E-state index < -0.39 is 11.5 Å². The van der Waals surface area contributed by atoms with E-state index in [1.165, 1.54) is 6.92 Å². The van der Waals surface area contributed by atoms with Crippen molar-refractivity contribution < 1.29 is 9.90 Å². The monoisotopic (exact) mass is 275 g/mol.